The Labute approximate surface area is 129 Å². The van der Waals surface area contributed by atoms with E-state index < -0.39 is 0 Å². The van der Waals surface area contributed by atoms with Crippen molar-refractivity contribution in [1.82, 2.24) is 15.3 Å². The molecule has 4 heteroatoms. The van der Waals surface area contributed by atoms with Crippen LogP contribution in [0.1, 0.15) is 70.2 Å². The number of rotatable bonds is 8. The molecular weight excluding hydrogens is 262 g/mol. The lowest BCUT2D eigenvalue weighted by Gasteiger charge is -2.30. The zero-order chi connectivity index (χ0) is 16.0. The summed E-state index contributed by atoms with van der Waals surface area (Å²) in [5, 5.41) is 3.44. The van der Waals surface area contributed by atoms with Crippen LogP contribution in [0.4, 0.5) is 0 Å². The van der Waals surface area contributed by atoms with Gasteiger partial charge >= 0.3 is 0 Å². The highest BCUT2D eigenvalue weighted by atomic mass is 16.5. The van der Waals surface area contributed by atoms with Crippen LogP contribution in [0.5, 0.6) is 0 Å². The van der Waals surface area contributed by atoms with Crippen LogP contribution in [-0.2, 0) is 16.9 Å². The predicted molar refractivity (Wildman–Crippen MR) is 87.4 cm³/mol. The Morgan fingerprint density at radius 2 is 1.57 bits per heavy atom. The molecule has 21 heavy (non-hydrogen) atoms. The average Bonchev–Trinajstić information content (AvgIpc) is 2.43. The maximum atomic E-state index is 6.02. The monoisotopic (exact) mass is 293 g/mol. The van der Waals surface area contributed by atoms with Gasteiger partial charge < -0.3 is 10.1 Å². The van der Waals surface area contributed by atoms with Crippen molar-refractivity contribution in [3.63, 3.8) is 0 Å². The number of aryl methyl sites for hydroxylation is 2. The molecule has 1 N–H and O–H groups in total. The standard InChI is InChI=1S/C17H31N3O/c1-8-17(9-2,21-10-3)16-19-13(6)15(14(7)20-16)11-18-12(4)5/h12,18H,8-11H2,1-7H3. The second-order valence-corrected chi connectivity index (χ2v) is 5.87. The molecule has 0 fully saturated rings. The number of ether oxygens (including phenoxy) is 1. The van der Waals surface area contributed by atoms with Crippen LogP contribution < -0.4 is 5.32 Å². The molecule has 0 aliphatic carbocycles. The first-order valence-corrected chi connectivity index (χ1v) is 8.12. The van der Waals surface area contributed by atoms with Crippen molar-refractivity contribution in [2.75, 3.05) is 6.61 Å². The molecule has 4 nitrogen and oxygen atoms in total. The summed E-state index contributed by atoms with van der Waals surface area (Å²) in [4.78, 5) is 9.54. The van der Waals surface area contributed by atoms with Gasteiger partial charge in [-0.05, 0) is 33.6 Å². The molecule has 0 aliphatic heterocycles. The highest BCUT2D eigenvalue weighted by Crippen LogP contribution is 2.31. The molecular formula is C17H31N3O. The van der Waals surface area contributed by atoms with Crippen LogP contribution in [0.15, 0.2) is 0 Å². The van der Waals surface area contributed by atoms with Gasteiger partial charge in [-0.25, -0.2) is 9.97 Å². The van der Waals surface area contributed by atoms with E-state index in [-0.39, 0.29) is 5.60 Å². The predicted octanol–water partition coefficient (Wildman–Crippen LogP) is 3.64. The quantitative estimate of drug-likeness (QED) is 0.795. The number of hydrogen-bond donors (Lipinski definition) is 1. The fourth-order valence-corrected chi connectivity index (χ4v) is 2.62. The molecule has 120 valence electrons. The summed E-state index contributed by atoms with van der Waals surface area (Å²) >= 11 is 0. The zero-order valence-electron chi connectivity index (χ0n) is 14.7. The molecule has 0 unspecified atom stereocenters. The fourth-order valence-electron chi connectivity index (χ4n) is 2.62. The minimum Gasteiger partial charge on any atom is -0.367 e. The molecule has 0 spiro atoms. The van der Waals surface area contributed by atoms with Crippen molar-refractivity contribution in [1.29, 1.82) is 0 Å². The van der Waals surface area contributed by atoms with E-state index in [4.69, 9.17) is 14.7 Å². The Hall–Kier alpha value is -1.00. The molecule has 0 aromatic carbocycles. The lowest BCUT2D eigenvalue weighted by atomic mass is 9.95. The van der Waals surface area contributed by atoms with Gasteiger partial charge in [-0.3, -0.25) is 0 Å². The Morgan fingerprint density at radius 3 is 1.95 bits per heavy atom. The van der Waals surface area contributed by atoms with Crippen molar-refractivity contribution in [3.05, 3.63) is 22.8 Å². The SMILES string of the molecule is CCOC(CC)(CC)c1nc(C)c(CNC(C)C)c(C)n1. The second-order valence-electron chi connectivity index (χ2n) is 5.87. The topological polar surface area (TPSA) is 47.0 Å². The van der Waals surface area contributed by atoms with Crippen molar-refractivity contribution >= 4 is 0 Å². The largest absolute Gasteiger partial charge is 0.367 e. The first kappa shape index (κ1) is 18.1. The normalized spacial score (nSPS) is 12.2. The van der Waals surface area contributed by atoms with Crippen LogP contribution in [-0.4, -0.2) is 22.6 Å². The van der Waals surface area contributed by atoms with E-state index in [0.717, 1.165) is 36.6 Å². The first-order valence-electron chi connectivity index (χ1n) is 8.12. The van der Waals surface area contributed by atoms with E-state index >= 15 is 0 Å². The van der Waals surface area contributed by atoms with Gasteiger partial charge in [0.15, 0.2) is 5.82 Å². The summed E-state index contributed by atoms with van der Waals surface area (Å²) in [6.45, 7) is 16.2. The molecule has 0 bridgehead atoms. The Kier molecular flexibility index (Phi) is 6.75. The average molecular weight is 293 g/mol. The molecule has 1 heterocycles. The number of nitrogens with one attached hydrogen (secondary N) is 1. The summed E-state index contributed by atoms with van der Waals surface area (Å²) < 4.78 is 6.02. The van der Waals surface area contributed by atoms with Gasteiger partial charge in [-0.2, -0.15) is 0 Å². The Morgan fingerprint density at radius 1 is 1.05 bits per heavy atom. The van der Waals surface area contributed by atoms with E-state index in [1.165, 1.54) is 5.56 Å². The maximum Gasteiger partial charge on any atom is 0.160 e. The molecule has 0 saturated carbocycles. The minimum absolute atomic E-state index is 0.353. The van der Waals surface area contributed by atoms with Crippen LogP contribution in [0, 0.1) is 13.8 Å². The molecule has 1 aromatic heterocycles. The third-order valence-corrected chi connectivity index (χ3v) is 4.08. The van der Waals surface area contributed by atoms with Gasteiger partial charge in [0.25, 0.3) is 0 Å². The summed E-state index contributed by atoms with van der Waals surface area (Å²) in [7, 11) is 0. The van der Waals surface area contributed by atoms with Crippen LogP contribution >= 0.6 is 0 Å². The molecule has 1 aromatic rings. The van der Waals surface area contributed by atoms with Crippen molar-refractivity contribution in [2.45, 2.75) is 79.5 Å². The minimum atomic E-state index is -0.353. The molecule has 0 atom stereocenters. The third kappa shape index (κ3) is 4.24. The van der Waals surface area contributed by atoms with E-state index in [9.17, 15) is 0 Å². The van der Waals surface area contributed by atoms with Crippen LogP contribution in [0.2, 0.25) is 0 Å². The molecule has 1 rings (SSSR count). The van der Waals surface area contributed by atoms with Crippen molar-refractivity contribution < 1.29 is 4.74 Å². The van der Waals surface area contributed by atoms with Gasteiger partial charge in [0, 0.05) is 36.1 Å². The highest BCUT2D eigenvalue weighted by molar-refractivity contribution is 5.25. The first-order chi connectivity index (χ1) is 9.90. The van der Waals surface area contributed by atoms with Gasteiger partial charge in [0.05, 0.1) is 0 Å². The highest BCUT2D eigenvalue weighted by Gasteiger charge is 2.33. The van der Waals surface area contributed by atoms with E-state index in [1.54, 1.807) is 0 Å². The van der Waals surface area contributed by atoms with E-state index in [1.807, 2.05) is 6.92 Å². The maximum absolute atomic E-state index is 6.02. The molecule has 0 saturated heterocycles. The van der Waals surface area contributed by atoms with Crippen LogP contribution in [0.25, 0.3) is 0 Å². The molecule has 0 radical (unpaired) electrons. The van der Waals surface area contributed by atoms with Gasteiger partial charge in [0.1, 0.15) is 5.60 Å². The number of aromatic nitrogens is 2. The Balaban J connectivity index is 3.16. The fraction of sp³-hybridized carbons (Fsp3) is 0.765. The Bertz CT molecular complexity index is 430. The summed E-state index contributed by atoms with van der Waals surface area (Å²) in [5.74, 6) is 0.831. The van der Waals surface area contributed by atoms with Gasteiger partial charge in [-0.1, -0.05) is 27.7 Å². The van der Waals surface area contributed by atoms with Crippen molar-refractivity contribution in [3.8, 4) is 0 Å². The number of nitrogens with zero attached hydrogens (tertiary/aromatic N) is 2. The zero-order valence-corrected chi connectivity index (χ0v) is 14.7. The van der Waals surface area contributed by atoms with Crippen LogP contribution in [0.3, 0.4) is 0 Å². The summed E-state index contributed by atoms with van der Waals surface area (Å²) in [6.07, 6.45) is 1.78. The van der Waals surface area contributed by atoms with Gasteiger partial charge in [0.2, 0.25) is 0 Å². The number of hydrogen-bond acceptors (Lipinski definition) is 4. The molecule has 0 aliphatic rings. The summed E-state index contributed by atoms with van der Waals surface area (Å²) in [5.41, 5.74) is 2.95. The molecule has 0 amide bonds. The van der Waals surface area contributed by atoms with Gasteiger partial charge in [-0.15, -0.1) is 0 Å². The third-order valence-electron chi connectivity index (χ3n) is 4.08. The van der Waals surface area contributed by atoms with E-state index in [0.29, 0.717) is 12.6 Å². The lowest BCUT2D eigenvalue weighted by molar-refractivity contribution is -0.0574. The summed E-state index contributed by atoms with van der Waals surface area (Å²) in [6, 6.07) is 0.456. The second kappa shape index (κ2) is 7.85. The smallest absolute Gasteiger partial charge is 0.160 e. The lowest BCUT2D eigenvalue weighted by Crippen LogP contribution is -2.32. The van der Waals surface area contributed by atoms with Crippen molar-refractivity contribution in [2.24, 2.45) is 0 Å². The van der Waals surface area contributed by atoms with E-state index in [2.05, 4.69) is 46.9 Å².